The second-order valence-electron chi connectivity index (χ2n) is 3.91. The lowest BCUT2D eigenvalue weighted by Gasteiger charge is -2.03. The SMILES string of the molecule is Cc1cn[nH]c1NC(=O)CCCc1cccs1. The largest absolute Gasteiger partial charge is 0.311 e. The summed E-state index contributed by atoms with van der Waals surface area (Å²) in [5.41, 5.74) is 0.955. The number of anilines is 1. The quantitative estimate of drug-likeness (QED) is 0.856. The summed E-state index contributed by atoms with van der Waals surface area (Å²) in [4.78, 5) is 13.0. The fraction of sp³-hybridized carbons (Fsp3) is 0.333. The number of rotatable bonds is 5. The maximum atomic E-state index is 11.6. The minimum atomic E-state index is 0.0360. The molecule has 0 saturated carbocycles. The minimum absolute atomic E-state index is 0.0360. The Kier molecular flexibility index (Phi) is 3.93. The van der Waals surface area contributed by atoms with Crippen LogP contribution in [0.15, 0.2) is 23.7 Å². The summed E-state index contributed by atoms with van der Waals surface area (Å²) in [5.74, 6) is 0.736. The van der Waals surface area contributed by atoms with Crippen molar-refractivity contribution >= 4 is 23.1 Å². The van der Waals surface area contributed by atoms with Crippen LogP contribution in [0, 0.1) is 6.92 Å². The number of carbonyl (C=O) groups is 1. The van der Waals surface area contributed by atoms with Gasteiger partial charge in [-0.1, -0.05) is 6.07 Å². The van der Waals surface area contributed by atoms with Gasteiger partial charge in [-0.2, -0.15) is 5.10 Å². The number of carbonyl (C=O) groups excluding carboxylic acids is 1. The van der Waals surface area contributed by atoms with Crippen LogP contribution in [0.5, 0.6) is 0 Å². The van der Waals surface area contributed by atoms with Crippen molar-refractivity contribution in [3.05, 3.63) is 34.2 Å². The molecule has 0 saturated heterocycles. The summed E-state index contributed by atoms with van der Waals surface area (Å²) >= 11 is 1.73. The molecule has 2 aromatic heterocycles. The van der Waals surface area contributed by atoms with Crippen molar-refractivity contribution in [1.82, 2.24) is 10.2 Å². The molecule has 17 heavy (non-hydrogen) atoms. The zero-order valence-electron chi connectivity index (χ0n) is 9.69. The first-order chi connectivity index (χ1) is 8.25. The first-order valence-electron chi connectivity index (χ1n) is 5.58. The van der Waals surface area contributed by atoms with Crippen LogP contribution < -0.4 is 5.32 Å². The minimum Gasteiger partial charge on any atom is -0.311 e. The summed E-state index contributed by atoms with van der Waals surface area (Å²) < 4.78 is 0. The Hall–Kier alpha value is -1.62. The molecule has 1 amide bonds. The summed E-state index contributed by atoms with van der Waals surface area (Å²) in [6, 6.07) is 4.13. The maximum absolute atomic E-state index is 11.6. The molecule has 2 aromatic rings. The first-order valence-corrected chi connectivity index (χ1v) is 6.46. The van der Waals surface area contributed by atoms with Gasteiger partial charge in [0.2, 0.25) is 5.91 Å². The Morgan fingerprint density at radius 3 is 3.12 bits per heavy atom. The Labute approximate surface area is 104 Å². The molecule has 0 radical (unpaired) electrons. The third-order valence-electron chi connectivity index (χ3n) is 2.50. The smallest absolute Gasteiger partial charge is 0.225 e. The molecule has 5 heteroatoms. The van der Waals surface area contributed by atoms with Gasteiger partial charge in [0.25, 0.3) is 0 Å². The van der Waals surface area contributed by atoms with E-state index >= 15 is 0 Å². The lowest BCUT2D eigenvalue weighted by Crippen LogP contribution is -2.12. The fourth-order valence-corrected chi connectivity index (χ4v) is 2.30. The van der Waals surface area contributed by atoms with Crippen molar-refractivity contribution in [2.24, 2.45) is 0 Å². The monoisotopic (exact) mass is 249 g/mol. The Balaban J connectivity index is 1.73. The molecular formula is C12H15N3OS. The van der Waals surface area contributed by atoms with Crippen molar-refractivity contribution in [1.29, 1.82) is 0 Å². The second kappa shape index (κ2) is 5.63. The van der Waals surface area contributed by atoms with Crippen LogP contribution in [0.1, 0.15) is 23.3 Å². The van der Waals surface area contributed by atoms with E-state index in [1.54, 1.807) is 17.5 Å². The number of hydrogen-bond donors (Lipinski definition) is 2. The van der Waals surface area contributed by atoms with Crippen molar-refractivity contribution in [3.8, 4) is 0 Å². The predicted molar refractivity (Wildman–Crippen MR) is 69.2 cm³/mol. The topological polar surface area (TPSA) is 57.8 Å². The normalized spacial score (nSPS) is 10.4. The van der Waals surface area contributed by atoms with E-state index in [9.17, 15) is 4.79 Å². The van der Waals surface area contributed by atoms with E-state index in [4.69, 9.17) is 0 Å². The lowest BCUT2D eigenvalue weighted by atomic mass is 10.2. The molecule has 0 atom stereocenters. The third-order valence-corrected chi connectivity index (χ3v) is 3.44. The average molecular weight is 249 g/mol. The summed E-state index contributed by atoms with van der Waals surface area (Å²) in [6.45, 7) is 1.91. The van der Waals surface area contributed by atoms with Crippen LogP contribution in [0.3, 0.4) is 0 Å². The lowest BCUT2D eigenvalue weighted by molar-refractivity contribution is -0.116. The molecule has 2 heterocycles. The van der Waals surface area contributed by atoms with Gasteiger partial charge in [-0.05, 0) is 31.2 Å². The molecule has 0 fully saturated rings. The van der Waals surface area contributed by atoms with E-state index in [0.717, 1.165) is 18.4 Å². The average Bonchev–Trinajstić information content (AvgIpc) is 2.92. The Morgan fingerprint density at radius 1 is 1.59 bits per heavy atom. The number of H-pyrrole nitrogens is 1. The van der Waals surface area contributed by atoms with E-state index in [2.05, 4.69) is 27.0 Å². The van der Waals surface area contributed by atoms with Crippen LogP contribution >= 0.6 is 11.3 Å². The molecule has 0 unspecified atom stereocenters. The summed E-state index contributed by atoms with van der Waals surface area (Å²) in [7, 11) is 0. The molecule has 4 nitrogen and oxygen atoms in total. The van der Waals surface area contributed by atoms with Gasteiger partial charge < -0.3 is 5.32 Å². The predicted octanol–water partition coefficient (Wildman–Crippen LogP) is 2.74. The molecule has 0 aliphatic heterocycles. The molecular weight excluding hydrogens is 234 g/mol. The Morgan fingerprint density at radius 2 is 2.47 bits per heavy atom. The van der Waals surface area contributed by atoms with Gasteiger partial charge in [0, 0.05) is 16.9 Å². The van der Waals surface area contributed by atoms with E-state index in [1.807, 2.05) is 13.0 Å². The zero-order chi connectivity index (χ0) is 12.1. The highest BCUT2D eigenvalue weighted by Crippen LogP contribution is 2.13. The van der Waals surface area contributed by atoms with Gasteiger partial charge in [0.1, 0.15) is 5.82 Å². The highest BCUT2D eigenvalue weighted by Gasteiger charge is 2.06. The first kappa shape index (κ1) is 11.9. The van der Waals surface area contributed by atoms with Gasteiger partial charge in [-0.3, -0.25) is 9.89 Å². The fourth-order valence-electron chi connectivity index (χ4n) is 1.55. The second-order valence-corrected chi connectivity index (χ2v) is 4.94. The molecule has 0 aliphatic carbocycles. The number of nitrogens with one attached hydrogen (secondary N) is 2. The van der Waals surface area contributed by atoms with Crippen LogP contribution in [0.25, 0.3) is 0 Å². The number of aryl methyl sites for hydroxylation is 2. The van der Waals surface area contributed by atoms with Gasteiger partial charge in [-0.25, -0.2) is 0 Å². The number of aromatic nitrogens is 2. The van der Waals surface area contributed by atoms with E-state index in [1.165, 1.54) is 4.88 Å². The number of nitrogens with zero attached hydrogens (tertiary/aromatic N) is 1. The molecule has 0 spiro atoms. The van der Waals surface area contributed by atoms with Crippen molar-refractivity contribution in [2.75, 3.05) is 5.32 Å². The van der Waals surface area contributed by atoms with Gasteiger partial charge >= 0.3 is 0 Å². The Bertz CT molecular complexity index is 476. The van der Waals surface area contributed by atoms with E-state index in [-0.39, 0.29) is 5.91 Å². The van der Waals surface area contributed by atoms with E-state index in [0.29, 0.717) is 12.2 Å². The number of hydrogen-bond acceptors (Lipinski definition) is 3. The van der Waals surface area contributed by atoms with Crippen molar-refractivity contribution in [3.63, 3.8) is 0 Å². The third kappa shape index (κ3) is 3.42. The molecule has 2 N–H and O–H groups in total. The number of aromatic amines is 1. The van der Waals surface area contributed by atoms with Crippen LogP contribution in [-0.4, -0.2) is 16.1 Å². The van der Waals surface area contributed by atoms with Crippen molar-refractivity contribution < 1.29 is 4.79 Å². The van der Waals surface area contributed by atoms with Gasteiger partial charge in [0.15, 0.2) is 0 Å². The molecule has 2 rings (SSSR count). The standard InChI is InChI=1S/C12H15N3OS/c1-9-8-13-15-12(9)14-11(16)6-2-4-10-5-3-7-17-10/h3,5,7-8H,2,4,6H2,1H3,(H2,13,14,15,16). The maximum Gasteiger partial charge on any atom is 0.225 e. The molecule has 0 aliphatic rings. The van der Waals surface area contributed by atoms with Gasteiger partial charge in [-0.15, -0.1) is 11.3 Å². The molecule has 0 bridgehead atoms. The van der Waals surface area contributed by atoms with Crippen molar-refractivity contribution in [2.45, 2.75) is 26.2 Å². The van der Waals surface area contributed by atoms with Crippen LogP contribution in [-0.2, 0) is 11.2 Å². The zero-order valence-corrected chi connectivity index (χ0v) is 10.5. The van der Waals surface area contributed by atoms with E-state index < -0.39 is 0 Å². The highest BCUT2D eigenvalue weighted by molar-refractivity contribution is 7.09. The highest BCUT2D eigenvalue weighted by atomic mass is 32.1. The van der Waals surface area contributed by atoms with Gasteiger partial charge in [0.05, 0.1) is 6.20 Å². The number of thiophene rings is 1. The molecule has 0 aromatic carbocycles. The summed E-state index contributed by atoms with van der Waals surface area (Å²) in [6.07, 6.45) is 4.07. The van der Waals surface area contributed by atoms with Crippen LogP contribution in [0.2, 0.25) is 0 Å². The summed E-state index contributed by atoms with van der Waals surface area (Å²) in [5, 5.41) is 11.5. The molecule has 90 valence electrons. The van der Waals surface area contributed by atoms with Crippen LogP contribution in [0.4, 0.5) is 5.82 Å². The number of amides is 1.